The van der Waals surface area contributed by atoms with Crippen LogP contribution in [-0.4, -0.2) is 35.1 Å². The Morgan fingerprint density at radius 3 is 2.94 bits per heavy atom. The van der Waals surface area contributed by atoms with Gasteiger partial charge in [-0.15, -0.1) is 0 Å². The van der Waals surface area contributed by atoms with Crippen molar-refractivity contribution < 1.29 is 0 Å². The van der Waals surface area contributed by atoms with E-state index < -0.39 is 0 Å². The Morgan fingerprint density at radius 2 is 2.22 bits per heavy atom. The molecule has 1 saturated heterocycles. The van der Waals surface area contributed by atoms with Crippen molar-refractivity contribution in [2.45, 2.75) is 45.3 Å². The van der Waals surface area contributed by atoms with Crippen molar-refractivity contribution in [3.8, 4) is 0 Å². The Hall–Kier alpha value is -0.930. The maximum atomic E-state index is 4.31. The molecule has 1 aliphatic carbocycles. The largest absolute Gasteiger partial charge is 0.311 e. The standard InChI is InChI=1S/C15H23N3/c1-11-5-13(7-16-6-11)10-18-9-12(2)17-8-15(18)14-3-4-14/h5-7,12,14-15,17H,3-4,8-10H2,1-2H3. The van der Waals surface area contributed by atoms with Crippen molar-refractivity contribution in [3.05, 3.63) is 29.6 Å². The van der Waals surface area contributed by atoms with Gasteiger partial charge in [-0.2, -0.15) is 0 Å². The average Bonchev–Trinajstić information content (AvgIpc) is 3.13. The fourth-order valence-electron chi connectivity index (χ4n) is 3.07. The van der Waals surface area contributed by atoms with Gasteiger partial charge in [0.05, 0.1) is 0 Å². The first-order valence-electron chi connectivity index (χ1n) is 7.10. The SMILES string of the molecule is Cc1cncc(CN2CC(C)NCC2C2CC2)c1. The van der Waals surface area contributed by atoms with Crippen molar-refractivity contribution in [2.24, 2.45) is 5.92 Å². The lowest BCUT2D eigenvalue weighted by atomic mass is 10.0. The van der Waals surface area contributed by atoms with Crippen LogP contribution in [0.5, 0.6) is 0 Å². The minimum absolute atomic E-state index is 0.609. The molecule has 1 aromatic rings. The van der Waals surface area contributed by atoms with Crippen LogP contribution in [0.25, 0.3) is 0 Å². The number of nitrogens with one attached hydrogen (secondary N) is 1. The third-order valence-electron chi connectivity index (χ3n) is 4.14. The molecule has 1 saturated carbocycles. The van der Waals surface area contributed by atoms with Gasteiger partial charge in [0, 0.05) is 44.1 Å². The van der Waals surface area contributed by atoms with E-state index in [1.807, 2.05) is 12.4 Å². The second kappa shape index (κ2) is 4.98. The van der Waals surface area contributed by atoms with E-state index in [4.69, 9.17) is 0 Å². The number of hydrogen-bond acceptors (Lipinski definition) is 3. The summed E-state index contributed by atoms with van der Waals surface area (Å²) < 4.78 is 0. The highest BCUT2D eigenvalue weighted by Crippen LogP contribution is 2.36. The molecule has 1 N–H and O–H groups in total. The molecule has 2 aliphatic rings. The topological polar surface area (TPSA) is 28.2 Å². The fourth-order valence-corrected chi connectivity index (χ4v) is 3.07. The number of nitrogens with zero attached hydrogens (tertiary/aromatic N) is 2. The van der Waals surface area contributed by atoms with Crippen LogP contribution >= 0.6 is 0 Å². The Kier molecular flexibility index (Phi) is 3.35. The number of piperazine rings is 1. The lowest BCUT2D eigenvalue weighted by Crippen LogP contribution is -2.55. The van der Waals surface area contributed by atoms with Crippen LogP contribution in [0, 0.1) is 12.8 Å². The maximum Gasteiger partial charge on any atom is 0.0313 e. The number of pyridine rings is 1. The van der Waals surface area contributed by atoms with Gasteiger partial charge < -0.3 is 5.32 Å². The van der Waals surface area contributed by atoms with Gasteiger partial charge in [-0.05, 0) is 43.7 Å². The molecule has 0 amide bonds. The maximum absolute atomic E-state index is 4.31. The highest BCUT2D eigenvalue weighted by Gasteiger charge is 2.37. The Bertz CT molecular complexity index is 414. The van der Waals surface area contributed by atoms with Crippen molar-refractivity contribution >= 4 is 0 Å². The van der Waals surface area contributed by atoms with Crippen LogP contribution in [-0.2, 0) is 6.54 Å². The molecular formula is C15H23N3. The van der Waals surface area contributed by atoms with Gasteiger partial charge in [-0.1, -0.05) is 6.07 Å². The molecule has 2 atom stereocenters. The van der Waals surface area contributed by atoms with E-state index in [-0.39, 0.29) is 0 Å². The van der Waals surface area contributed by atoms with Gasteiger partial charge in [0.15, 0.2) is 0 Å². The minimum atomic E-state index is 0.609. The summed E-state index contributed by atoms with van der Waals surface area (Å²) in [6.07, 6.45) is 6.79. The van der Waals surface area contributed by atoms with Crippen molar-refractivity contribution in [1.82, 2.24) is 15.2 Å². The molecular weight excluding hydrogens is 222 g/mol. The first kappa shape index (κ1) is 12.1. The van der Waals surface area contributed by atoms with E-state index in [1.165, 1.54) is 24.0 Å². The Labute approximate surface area is 110 Å². The van der Waals surface area contributed by atoms with E-state index in [0.29, 0.717) is 6.04 Å². The molecule has 0 bridgehead atoms. The number of aromatic nitrogens is 1. The molecule has 1 aromatic heterocycles. The normalized spacial score (nSPS) is 29.4. The molecule has 2 unspecified atom stereocenters. The molecule has 98 valence electrons. The Balaban J connectivity index is 1.71. The summed E-state index contributed by atoms with van der Waals surface area (Å²) in [4.78, 5) is 6.97. The summed E-state index contributed by atoms with van der Waals surface area (Å²) in [5.74, 6) is 0.933. The first-order chi connectivity index (χ1) is 8.72. The molecule has 3 rings (SSSR count). The van der Waals surface area contributed by atoms with Gasteiger partial charge in [-0.25, -0.2) is 0 Å². The predicted octanol–water partition coefficient (Wildman–Crippen LogP) is 1.96. The van der Waals surface area contributed by atoms with Crippen molar-refractivity contribution in [3.63, 3.8) is 0 Å². The zero-order valence-corrected chi connectivity index (χ0v) is 11.4. The fraction of sp³-hybridized carbons (Fsp3) is 0.667. The Morgan fingerprint density at radius 1 is 1.39 bits per heavy atom. The quantitative estimate of drug-likeness (QED) is 0.882. The van der Waals surface area contributed by atoms with Gasteiger partial charge >= 0.3 is 0 Å². The van der Waals surface area contributed by atoms with Gasteiger partial charge in [-0.3, -0.25) is 9.88 Å². The van der Waals surface area contributed by atoms with E-state index in [1.54, 1.807) is 0 Å². The molecule has 3 heteroatoms. The summed E-state index contributed by atoms with van der Waals surface area (Å²) in [7, 11) is 0. The molecule has 1 aliphatic heterocycles. The molecule has 3 nitrogen and oxygen atoms in total. The van der Waals surface area contributed by atoms with Crippen LogP contribution in [0.3, 0.4) is 0 Å². The second-order valence-corrected chi connectivity index (χ2v) is 6.01. The zero-order valence-electron chi connectivity index (χ0n) is 11.4. The third-order valence-corrected chi connectivity index (χ3v) is 4.14. The molecule has 0 spiro atoms. The van der Waals surface area contributed by atoms with Crippen molar-refractivity contribution in [1.29, 1.82) is 0 Å². The first-order valence-corrected chi connectivity index (χ1v) is 7.10. The monoisotopic (exact) mass is 245 g/mol. The van der Waals surface area contributed by atoms with E-state index in [9.17, 15) is 0 Å². The predicted molar refractivity (Wildman–Crippen MR) is 73.4 cm³/mol. The summed E-state index contributed by atoms with van der Waals surface area (Å²) in [5, 5.41) is 3.62. The van der Waals surface area contributed by atoms with Gasteiger partial charge in [0.2, 0.25) is 0 Å². The van der Waals surface area contributed by atoms with Crippen LogP contribution in [0.2, 0.25) is 0 Å². The van der Waals surface area contributed by atoms with Gasteiger partial charge in [0.1, 0.15) is 0 Å². The van der Waals surface area contributed by atoms with E-state index in [0.717, 1.165) is 31.6 Å². The third kappa shape index (κ3) is 2.73. The summed E-state index contributed by atoms with van der Waals surface area (Å²) in [5.41, 5.74) is 2.62. The number of hydrogen-bond donors (Lipinski definition) is 1. The molecule has 0 radical (unpaired) electrons. The number of aryl methyl sites for hydroxylation is 1. The molecule has 18 heavy (non-hydrogen) atoms. The van der Waals surface area contributed by atoms with Crippen LogP contribution < -0.4 is 5.32 Å². The highest BCUT2D eigenvalue weighted by molar-refractivity contribution is 5.17. The zero-order chi connectivity index (χ0) is 12.5. The summed E-state index contributed by atoms with van der Waals surface area (Å²) >= 11 is 0. The average molecular weight is 245 g/mol. The number of rotatable bonds is 3. The van der Waals surface area contributed by atoms with E-state index in [2.05, 4.69) is 35.1 Å². The summed E-state index contributed by atoms with van der Waals surface area (Å²) in [6, 6.07) is 3.61. The highest BCUT2D eigenvalue weighted by atomic mass is 15.2. The lowest BCUT2D eigenvalue weighted by molar-refractivity contribution is 0.112. The van der Waals surface area contributed by atoms with Crippen LogP contribution in [0.15, 0.2) is 18.5 Å². The molecule has 2 heterocycles. The lowest BCUT2D eigenvalue weighted by Gasteiger charge is -2.39. The van der Waals surface area contributed by atoms with Crippen molar-refractivity contribution in [2.75, 3.05) is 13.1 Å². The molecule has 2 fully saturated rings. The van der Waals surface area contributed by atoms with Crippen LogP contribution in [0.1, 0.15) is 30.9 Å². The van der Waals surface area contributed by atoms with Gasteiger partial charge in [0.25, 0.3) is 0 Å². The second-order valence-electron chi connectivity index (χ2n) is 6.01. The smallest absolute Gasteiger partial charge is 0.0313 e. The summed E-state index contributed by atoms with van der Waals surface area (Å²) in [6.45, 7) is 7.78. The van der Waals surface area contributed by atoms with E-state index >= 15 is 0 Å². The van der Waals surface area contributed by atoms with Crippen LogP contribution in [0.4, 0.5) is 0 Å². The molecule has 0 aromatic carbocycles. The minimum Gasteiger partial charge on any atom is -0.311 e.